The van der Waals surface area contributed by atoms with Crippen molar-refractivity contribution < 1.29 is 4.74 Å². The van der Waals surface area contributed by atoms with E-state index in [0.29, 0.717) is 0 Å². The van der Waals surface area contributed by atoms with Crippen LogP contribution in [-0.4, -0.2) is 11.7 Å². The molecule has 0 aliphatic carbocycles. The number of hydrogen-bond acceptors (Lipinski definition) is 2. The van der Waals surface area contributed by atoms with Crippen molar-refractivity contribution in [2.45, 2.75) is 97.3 Å². The highest BCUT2D eigenvalue weighted by Gasteiger charge is 1.95. The summed E-state index contributed by atoms with van der Waals surface area (Å²) < 4.78 is 5.41. The summed E-state index contributed by atoms with van der Waals surface area (Å²) in [6.07, 6.45) is 17.5. The van der Waals surface area contributed by atoms with Crippen LogP contribution in [0, 0.1) is 0 Å². The molecule has 0 saturated heterocycles. The van der Waals surface area contributed by atoms with Crippen molar-refractivity contribution in [1.29, 1.82) is 0 Å². The van der Waals surface area contributed by atoms with Crippen molar-refractivity contribution in [3.8, 4) is 0 Å². The molecule has 0 aromatic carbocycles. The summed E-state index contributed by atoms with van der Waals surface area (Å²) in [6.45, 7) is 5.15. The second-order valence-electron chi connectivity index (χ2n) is 5.46. The highest BCUT2D eigenvalue weighted by atomic mass is 32.1. The number of ether oxygens (including phenoxy) is 1. The van der Waals surface area contributed by atoms with Gasteiger partial charge >= 0.3 is 0 Å². The summed E-state index contributed by atoms with van der Waals surface area (Å²) in [5.74, 6) is 0. The first-order valence-corrected chi connectivity index (χ1v) is 8.87. The van der Waals surface area contributed by atoms with Gasteiger partial charge in [-0.05, 0) is 18.6 Å². The predicted octanol–water partition coefficient (Wildman–Crippen LogP) is 6.44. The molecule has 0 spiro atoms. The Bertz CT molecular complexity index is 192. The highest BCUT2D eigenvalue weighted by molar-refractivity contribution is 7.80. The van der Waals surface area contributed by atoms with E-state index in [-0.39, 0.29) is 0 Å². The van der Waals surface area contributed by atoms with Crippen molar-refractivity contribution in [1.82, 2.24) is 0 Å². The van der Waals surface area contributed by atoms with Gasteiger partial charge in [0.05, 0.1) is 6.61 Å². The zero-order valence-corrected chi connectivity index (χ0v) is 14.0. The SMILES string of the molecule is CCCCCCCCCCCCCCOC(=S)CC. The van der Waals surface area contributed by atoms with Crippen molar-refractivity contribution in [2.24, 2.45) is 0 Å². The molecule has 0 amide bonds. The van der Waals surface area contributed by atoms with Crippen LogP contribution in [0.5, 0.6) is 0 Å². The molecule has 0 atom stereocenters. The molecular formula is C17H34OS. The molecule has 0 rings (SSSR count). The monoisotopic (exact) mass is 286 g/mol. The van der Waals surface area contributed by atoms with Gasteiger partial charge in [0.1, 0.15) is 0 Å². The van der Waals surface area contributed by atoms with Gasteiger partial charge in [-0.3, -0.25) is 0 Å². The van der Waals surface area contributed by atoms with Gasteiger partial charge < -0.3 is 4.74 Å². The van der Waals surface area contributed by atoms with Gasteiger partial charge in [0.2, 0.25) is 0 Å². The first-order valence-electron chi connectivity index (χ1n) is 8.46. The lowest BCUT2D eigenvalue weighted by Crippen LogP contribution is -2.01. The lowest BCUT2D eigenvalue weighted by Gasteiger charge is -2.05. The molecule has 2 heteroatoms. The maximum absolute atomic E-state index is 5.41. The zero-order chi connectivity index (χ0) is 14.2. The molecule has 0 N–H and O–H groups in total. The first-order chi connectivity index (χ1) is 9.31. The van der Waals surface area contributed by atoms with E-state index in [1.54, 1.807) is 0 Å². The minimum atomic E-state index is 0.767. The number of unbranched alkanes of at least 4 members (excludes halogenated alkanes) is 11. The van der Waals surface area contributed by atoms with E-state index in [4.69, 9.17) is 17.0 Å². The Balaban J connectivity index is 2.97. The lowest BCUT2D eigenvalue weighted by atomic mass is 10.1. The number of thiocarbonyl (C=S) groups is 1. The second kappa shape index (κ2) is 15.9. The molecule has 0 bridgehead atoms. The lowest BCUT2D eigenvalue weighted by molar-refractivity contribution is 0.293. The van der Waals surface area contributed by atoms with Crippen LogP contribution in [0.4, 0.5) is 0 Å². The molecule has 0 aromatic rings. The molecule has 0 heterocycles. The Kier molecular flexibility index (Phi) is 15.9. The molecule has 0 aliphatic heterocycles. The molecule has 0 aliphatic rings. The first kappa shape index (κ1) is 18.9. The van der Waals surface area contributed by atoms with E-state index in [1.165, 1.54) is 70.6 Å². The van der Waals surface area contributed by atoms with Crippen molar-refractivity contribution in [3.63, 3.8) is 0 Å². The van der Waals surface area contributed by atoms with Gasteiger partial charge in [-0.2, -0.15) is 0 Å². The third-order valence-electron chi connectivity index (χ3n) is 3.55. The van der Waals surface area contributed by atoms with Gasteiger partial charge in [0, 0.05) is 6.42 Å². The molecule has 0 unspecified atom stereocenters. The van der Waals surface area contributed by atoms with Crippen LogP contribution in [0.1, 0.15) is 97.3 Å². The standard InChI is InChI=1S/C17H34OS/c1-3-5-6-7-8-9-10-11-12-13-14-15-16-18-17(19)4-2/h3-16H2,1-2H3. The number of hydrogen-bond donors (Lipinski definition) is 0. The zero-order valence-electron chi connectivity index (χ0n) is 13.2. The fourth-order valence-corrected chi connectivity index (χ4v) is 2.31. The highest BCUT2D eigenvalue weighted by Crippen LogP contribution is 2.11. The summed E-state index contributed by atoms with van der Waals surface area (Å²) in [5, 5.41) is 0.767. The molecule has 0 aromatic heterocycles. The minimum Gasteiger partial charge on any atom is -0.487 e. The molecule has 0 radical (unpaired) electrons. The van der Waals surface area contributed by atoms with Crippen LogP contribution in [-0.2, 0) is 4.74 Å². The average molecular weight is 287 g/mol. The summed E-state index contributed by atoms with van der Waals surface area (Å²) in [5.41, 5.74) is 0. The van der Waals surface area contributed by atoms with Crippen LogP contribution < -0.4 is 0 Å². The van der Waals surface area contributed by atoms with Gasteiger partial charge in [0.25, 0.3) is 0 Å². The average Bonchev–Trinajstić information content (AvgIpc) is 2.43. The normalized spacial score (nSPS) is 10.6. The van der Waals surface area contributed by atoms with Crippen LogP contribution in [0.25, 0.3) is 0 Å². The summed E-state index contributed by atoms with van der Waals surface area (Å²) in [6, 6.07) is 0. The molecule has 0 fully saturated rings. The van der Waals surface area contributed by atoms with E-state index >= 15 is 0 Å². The quantitative estimate of drug-likeness (QED) is 0.268. The van der Waals surface area contributed by atoms with Crippen LogP contribution >= 0.6 is 12.2 Å². The van der Waals surface area contributed by atoms with Crippen molar-refractivity contribution in [2.75, 3.05) is 6.61 Å². The van der Waals surface area contributed by atoms with Crippen LogP contribution in [0.2, 0.25) is 0 Å². The summed E-state index contributed by atoms with van der Waals surface area (Å²) >= 11 is 5.02. The topological polar surface area (TPSA) is 9.23 Å². The van der Waals surface area contributed by atoms with Gasteiger partial charge in [-0.25, -0.2) is 0 Å². The summed E-state index contributed by atoms with van der Waals surface area (Å²) in [7, 11) is 0. The Hall–Kier alpha value is -0.110. The molecule has 114 valence electrons. The fourth-order valence-electron chi connectivity index (χ4n) is 2.23. The largest absolute Gasteiger partial charge is 0.487 e. The van der Waals surface area contributed by atoms with Gasteiger partial charge in [-0.1, -0.05) is 84.5 Å². The molecule has 1 nitrogen and oxygen atoms in total. The third kappa shape index (κ3) is 15.8. The van der Waals surface area contributed by atoms with E-state index in [2.05, 4.69) is 6.92 Å². The summed E-state index contributed by atoms with van der Waals surface area (Å²) in [4.78, 5) is 0. The number of rotatable bonds is 14. The van der Waals surface area contributed by atoms with Crippen LogP contribution in [0.3, 0.4) is 0 Å². The molecule has 0 saturated carbocycles. The maximum Gasteiger partial charge on any atom is 0.159 e. The Morgan fingerprint density at radius 1 is 0.684 bits per heavy atom. The fraction of sp³-hybridized carbons (Fsp3) is 0.941. The predicted molar refractivity (Wildman–Crippen MR) is 89.9 cm³/mol. The third-order valence-corrected chi connectivity index (χ3v) is 3.96. The van der Waals surface area contributed by atoms with Crippen LogP contribution in [0.15, 0.2) is 0 Å². The smallest absolute Gasteiger partial charge is 0.159 e. The van der Waals surface area contributed by atoms with Gasteiger partial charge in [0.15, 0.2) is 5.05 Å². The van der Waals surface area contributed by atoms with E-state index in [9.17, 15) is 0 Å². The molecule has 19 heavy (non-hydrogen) atoms. The van der Waals surface area contributed by atoms with Crippen molar-refractivity contribution >= 4 is 17.3 Å². The van der Waals surface area contributed by atoms with E-state index in [0.717, 1.165) is 24.5 Å². The van der Waals surface area contributed by atoms with Crippen molar-refractivity contribution in [3.05, 3.63) is 0 Å². The second-order valence-corrected chi connectivity index (χ2v) is 5.92. The van der Waals surface area contributed by atoms with E-state index < -0.39 is 0 Å². The minimum absolute atomic E-state index is 0.767. The Morgan fingerprint density at radius 3 is 1.53 bits per heavy atom. The molecular weight excluding hydrogens is 252 g/mol. The Morgan fingerprint density at radius 2 is 1.11 bits per heavy atom. The van der Waals surface area contributed by atoms with Gasteiger partial charge in [-0.15, -0.1) is 0 Å². The Labute approximate surface area is 126 Å². The maximum atomic E-state index is 5.41. The van der Waals surface area contributed by atoms with E-state index in [1.807, 2.05) is 6.92 Å².